The van der Waals surface area contributed by atoms with E-state index < -0.39 is 0 Å². The van der Waals surface area contributed by atoms with Crippen LogP contribution in [0.25, 0.3) is 21.2 Å². The van der Waals surface area contributed by atoms with Crippen LogP contribution in [0.2, 0.25) is 0 Å². The summed E-state index contributed by atoms with van der Waals surface area (Å²) in [7, 11) is 0. The van der Waals surface area contributed by atoms with Crippen molar-refractivity contribution in [2.75, 3.05) is 5.32 Å². The fourth-order valence-corrected chi connectivity index (χ4v) is 7.37. The third-order valence-electron chi connectivity index (χ3n) is 9.05. The molecule has 1 nitrogen and oxygen atoms in total. The van der Waals surface area contributed by atoms with Crippen molar-refractivity contribution in [3.8, 4) is 11.1 Å². The maximum Gasteiger partial charge on any atom is 0.0573 e. The molecule has 1 unspecified atom stereocenters. The molecule has 0 aliphatic heterocycles. The van der Waals surface area contributed by atoms with Crippen LogP contribution in [-0.4, -0.2) is 0 Å². The van der Waals surface area contributed by atoms with Crippen molar-refractivity contribution in [2.24, 2.45) is 0 Å². The van der Waals surface area contributed by atoms with E-state index in [4.69, 9.17) is 0 Å². The first-order valence-corrected chi connectivity index (χ1v) is 13.6. The molecule has 6 rings (SSSR count). The second-order valence-electron chi connectivity index (χ2n) is 11.9. The van der Waals surface area contributed by atoms with Crippen molar-refractivity contribution in [3.63, 3.8) is 0 Å². The molecular formula is C32H35NS. The fourth-order valence-electron chi connectivity index (χ4n) is 6.46. The van der Waals surface area contributed by atoms with E-state index in [-0.39, 0.29) is 16.2 Å². The predicted octanol–water partition coefficient (Wildman–Crippen LogP) is 9.69. The van der Waals surface area contributed by atoms with Crippen molar-refractivity contribution in [1.29, 1.82) is 0 Å². The van der Waals surface area contributed by atoms with Crippen molar-refractivity contribution < 1.29 is 0 Å². The smallest absolute Gasteiger partial charge is 0.0573 e. The molecule has 174 valence electrons. The quantitative estimate of drug-likeness (QED) is 0.317. The lowest BCUT2D eigenvalue weighted by atomic mass is 9.61. The minimum atomic E-state index is 0.0219. The Morgan fingerprint density at radius 1 is 0.794 bits per heavy atom. The molecule has 34 heavy (non-hydrogen) atoms. The third kappa shape index (κ3) is 2.97. The lowest BCUT2D eigenvalue weighted by molar-refractivity contribution is 0.305. The highest BCUT2D eigenvalue weighted by Crippen LogP contribution is 2.53. The molecule has 0 fully saturated rings. The molecule has 2 heteroatoms. The minimum Gasteiger partial charge on any atom is -0.354 e. The molecule has 3 aromatic carbocycles. The van der Waals surface area contributed by atoms with Gasteiger partial charge in [0.05, 0.1) is 5.69 Å². The molecule has 1 aromatic heterocycles. The zero-order valence-electron chi connectivity index (χ0n) is 21.3. The SMILES string of the molecule is CCC1(C)CCC(C)(C)c2cc3c(Nc4cccc5c4-c4ccccc4C5(C)C)csc3cc21. The van der Waals surface area contributed by atoms with Gasteiger partial charge in [0, 0.05) is 32.1 Å². The molecule has 0 radical (unpaired) electrons. The first kappa shape index (κ1) is 21.9. The number of thiophene rings is 1. The van der Waals surface area contributed by atoms with E-state index in [1.807, 2.05) is 11.3 Å². The summed E-state index contributed by atoms with van der Waals surface area (Å²) < 4.78 is 1.40. The highest BCUT2D eigenvalue weighted by Gasteiger charge is 2.39. The van der Waals surface area contributed by atoms with E-state index in [1.54, 1.807) is 11.1 Å². The van der Waals surface area contributed by atoms with Crippen LogP contribution in [0.1, 0.15) is 83.1 Å². The van der Waals surface area contributed by atoms with Crippen LogP contribution >= 0.6 is 11.3 Å². The summed E-state index contributed by atoms with van der Waals surface area (Å²) in [5, 5.41) is 7.56. The van der Waals surface area contributed by atoms with Crippen molar-refractivity contribution in [3.05, 3.63) is 82.2 Å². The van der Waals surface area contributed by atoms with Gasteiger partial charge in [0.2, 0.25) is 0 Å². The Kier molecular flexibility index (Phi) is 4.65. The Balaban J connectivity index is 1.50. The number of hydrogen-bond donors (Lipinski definition) is 1. The van der Waals surface area contributed by atoms with Gasteiger partial charge in [-0.3, -0.25) is 0 Å². The second-order valence-corrected chi connectivity index (χ2v) is 12.8. The van der Waals surface area contributed by atoms with Crippen molar-refractivity contribution in [1.82, 2.24) is 0 Å². The van der Waals surface area contributed by atoms with Gasteiger partial charge in [-0.25, -0.2) is 0 Å². The molecule has 0 spiro atoms. The summed E-state index contributed by atoms with van der Waals surface area (Å²) in [5.41, 5.74) is 11.6. The molecule has 2 aliphatic rings. The summed E-state index contributed by atoms with van der Waals surface area (Å²) in [6.07, 6.45) is 3.72. The molecule has 1 N–H and O–H groups in total. The molecule has 0 bridgehead atoms. The van der Waals surface area contributed by atoms with E-state index in [1.165, 1.54) is 63.0 Å². The predicted molar refractivity (Wildman–Crippen MR) is 149 cm³/mol. The summed E-state index contributed by atoms with van der Waals surface area (Å²) in [6, 6.07) is 20.7. The van der Waals surface area contributed by atoms with E-state index in [2.05, 4.69) is 107 Å². The Bertz CT molecular complexity index is 1440. The second kappa shape index (κ2) is 7.21. The van der Waals surface area contributed by atoms with Gasteiger partial charge in [-0.15, -0.1) is 11.3 Å². The van der Waals surface area contributed by atoms with Crippen LogP contribution < -0.4 is 5.32 Å². The molecular weight excluding hydrogens is 430 g/mol. The number of hydrogen-bond acceptors (Lipinski definition) is 2. The lowest BCUT2D eigenvalue weighted by Crippen LogP contribution is -2.35. The van der Waals surface area contributed by atoms with Crippen LogP contribution in [0, 0.1) is 0 Å². The monoisotopic (exact) mass is 465 g/mol. The maximum absolute atomic E-state index is 3.89. The Labute approximate surface area is 208 Å². The first-order valence-electron chi connectivity index (χ1n) is 12.7. The first-order chi connectivity index (χ1) is 16.2. The number of anilines is 2. The summed E-state index contributed by atoms with van der Waals surface area (Å²) in [5.74, 6) is 0. The maximum atomic E-state index is 3.89. The number of nitrogens with one attached hydrogen (secondary N) is 1. The van der Waals surface area contributed by atoms with Gasteiger partial charge in [0.25, 0.3) is 0 Å². The normalized spacial score (nSPS) is 21.7. The van der Waals surface area contributed by atoms with Gasteiger partial charge in [-0.2, -0.15) is 0 Å². The Morgan fingerprint density at radius 2 is 1.56 bits per heavy atom. The molecule has 1 atom stereocenters. The van der Waals surface area contributed by atoms with Crippen LogP contribution in [0.3, 0.4) is 0 Å². The lowest BCUT2D eigenvalue weighted by Gasteiger charge is -2.43. The third-order valence-corrected chi connectivity index (χ3v) is 10.00. The Morgan fingerprint density at radius 3 is 2.35 bits per heavy atom. The largest absolute Gasteiger partial charge is 0.354 e. The standard InChI is InChI=1S/C32H35NS/c1-7-32(6)16-15-30(2,3)24-17-21-27(19-34-28(21)18-25(24)32)33-26-14-10-13-23-29(26)20-11-8-9-12-22(20)31(23,4)5/h8-14,17-19,33H,7,15-16H2,1-6H3. The van der Waals surface area contributed by atoms with E-state index in [9.17, 15) is 0 Å². The van der Waals surface area contributed by atoms with Gasteiger partial charge in [0.15, 0.2) is 0 Å². The summed E-state index contributed by atoms with van der Waals surface area (Å²) >= 11 is 1.87. The zero-order chi connectivity index (χ0) is 23.9. The molecule has 0 saturated carbocycles. The molecule has 1 heterocycles. The molecule has 4 aromatic rings. The molecule has 2 aliphatic carbocycles. The summed E-state index contributed by atoms with van der Waals surface area (Å²) in [6.45, 7) is 14.4. The minimum absolute atomic E-state index is 0.0219. The van der Waals surface area contributed by atoms with Crippen LogP contribution in [0.4, 0.5) is 11.4 Å². The van der Waals surface area contributed by atoms with Gasteiger partial charge >= 0.3 is 0 Å². The van der Waals surface area contributed by atoms with Crippen LogP contribution in [0.5, 0.6) is 0 Å². The fraction of sp³-hybridized carbons (Fsp3) is 0.375. The number of rotatable bonds is 3. The van der Waals surface area contributed by atoms with Gasteiger partial charge in [-0.1, -0.05) is 77.9 Å². The topological polar surface area (TPSA) is 12.0 Å². The van der Waals surface area contributed by atoms with Gasteiger partial charge in [0.1, 0.15) is 0 Å². The highest BCUT2D eigenvalue weighted by molar-refractivity contribution is 7.17. The van der Waals surface area contributed by atoms with Crippen molar-refractivity contribution >= 4 is 32.8 Å². The zero-order valence-corrected chi connectivity index (χ0v) is 22.1. The van der Waals surface area contributed by atoms with Crippen molar-refractivity contribution in [2.45, 2.75) is 77.0 Å². The number of fused-ring (bicyclic) bond motifs is 5. The van der Waals surface area contributed by atoms with Gasteiger partial charge < -0.3 is 5.32 Å². The Hall–Kier alpha value is -2.58. The molecule has 0 saturated heterocycles. The van der Waals surface area contributed by atoms with Crippen LogP contribution in [-0.2, 0) is 16.2 Å². The van der Waals surface area contributed by atoms with E-state index in [0.717, 1.165) is 0 Å². The average Bonchev–Trinajstić information content (AvgIpc) is 3.33. The average molecular weight is 466 g/mol. The summed E-state index contributed by atoms with van der Waals surface area (Å²) in [4.78, 5) is 0. The number of benzene rings is 3. The van der Waals surface area contributed by atoms with Crippen LogP contribution in [0.15, 0.2) is 60.0 Å². The van der Waals surface area contributed by atoms with Gasteiger partial charge in [-0.05, 0) is 76.1 Å². The van der Waals surface area contributed by atoms with E-state index >= 15 is 0 Å². The van der Waals surface area contributed by atoms with E-state index in [0.29, 0.717) is 0 Å². The highest BCUT2D eigenvalue weighted by atomic mass is 32.1. The molecule has 0 amide bonds.